The molecule has 0 saturated carbocycles. The minimum Gasteiger partial charge on any atom is -0.491 e. The highest BCUT2D eigenvalue weighted by molar-refractivity contribution is 5.91. The molecule has 47 heavy (non-hydrogen) atoms. The fourth-order valence-electron chi connectivity index (χ4n) is 6.16. The molecular formula is C44H56O3. The molecule has 0 fully saturated rings. The molecule has 0 aliphatic rings. The van der Waals surface area contributed by atoms with Gasteiger partial charge < -0.3 is 9.47 Å². The van der Waals surface area contributed by atoms with Crippen LogP contribution in [0.15, 0.2) is 91.0 Å². The average molecular weight is 633 g/mol. The number of hydrogen-bond donors (Lipinski definition) is 0. The molecule has 4 aromatic rings. The zero-order valence-electron chi connectivity index (χ0n) is 29.4. The van der Waals surface area contributed by atoms with Gasteiger partial charge in [-0.1, -0.05) is 133 Å². The van der Waals surface area contributed by atoms with Crippen molar-refractivity contribution in [3.8, 4) is 33.8 Å². The normalized spacial score (nSPS) is 11.7. The Kier molecular flexibility index (Phi) is 15.1. The van der Waals surface area contributed by atoms with Crippen molar-refractivity contribution in [2.24, 2.45) is 0 Å². The summed E-state index contributed by atoms with van der Waals surface area (Å²) < 4.78 is 11.7. The van der Waals surface area contributed by atoms with Crippen molar-refractivity contribution in [1.82, 2.24) is 0 Å². The molecule has 4 rings (SSSR count). The van der Waals surface area contributed by atoms with Crippen LogP contribution in [0.25, 0.3) is 22.3 Å². The summed E-state index contributed by atoms with van der Waals surface area (Å²) in [6, 6.07) is 30.6. The summed E-state index contributed by atoms with van der Waals surface area (Å²) in [6.07, 6.45) is 18.2. The molecular weight excluding hydrogens is 576 g/mol. The molecule has 0 N–H and O–H groups in total. The Balaban J connectivity index is 1.24. The molecule has 0 bridgehead atoms. The number of rotatable bonds is 20. The van der Waals surface area contributed by atoms with Crippen LogP contribution in [0.3, 0.4) is 0 Å². The summed E-state index contributed by atoms with van der Waals surface area (Å²) in [7, 11) is 0. The summed E-state index contributed by atoms with van der Waals surface area (Å²) in [5, 5.41) is 0. The Bertz CT molecular complexity index is 1470. The van der Waals surface area contributed by atoms with Crippen molar-refractivity contribution in [3.05, 3.63) is 108 Å². The first-order valence-electron chi connectivity index (χ1n) is 18.3. The van der Waals surface area contributed by atoms with E-state index in [1.807, 2.05) is 36.4 Å². The van der Waals surface area contributed by atoms with Gasteiger partial charge in [-0.3, -0.25) is 0 Å². The van der Waals surface area contributed by atoms with Crippen molar-refractivity contribution >= 4 is 5.97 Å². The molecule has 0 aliphatic heterocycles. The molecule has 1 atom stereocenters. The number of ether oxygens (including phenoxy) is 2. The SMILES string of the molecule is CCCCCCCCCCc1ccc(-c2ccc(-c3ccc(OC(=O)c4ccc(O[C@@H](C)CCCCCC)cc4)cc3)cc2)cc1C. The fourth-order valence-corrected chi connectivity index (χ4v) is 6.16. The Labute approximate surface area is 284 Å². The third-order valence-corrected chi connectivity index (χ3v) is 9.15. The number of esters is 1. The van der Waals surface area contributed by atoms with Gasteiger partial charge in [0.2, 0.25) is 0 Å². The average Bonchev–Trinajstić information content (AvgIpc) is 3.09. The lowest BCUT2D eigenvalue weighted by Gasteiger charge is -2.14. The number of aryl methyl sites for hydroxylation is 2. The van der Waals surface area contributed by atoms with Crippen molar-refractivity contribution in [2.75, 3.05) is 0 Å². The zero-order valence-corrected chi connectivity index (χ0v) is 29.4. The molecule has 0 heterocycles. The van der Waals surface area contributed by atoms with Crippen LogP contribution in [0.1, 0.15) is 126 Å². The van der Waals surface area contributed by atoms with Gasteiger partial charge in [0.15, 0.2) is 0 Å². The van der Waals surface area contributed by atoms with E-state index < -0.39 is 0 Å². The van der Waals surface area contributed by atoms with E-state index in [2.05, 4.69) is 70.2 Å². The zero-order chi connectivity index (χ0) is 33.3. The van der Waals surface area contributed by atoms with E-state index in [0.717, 1.165) is 23.3 Å². The Morgan fingerprint density at radius 1 is 0.574 bits per heavy atom. The predicted molar refractivity (Wildman–Crippen MR) is 199 cm³/mol. The van der Waals surface area contributed by atoms with Gasteiger partial charge in [0.25, 0.3) is 0 Å². The fraction of sp³-hybridized carbons (Fsp3) is 0.432. The monoisotopic (exact) mass is 632 g/mol. The smallest absolute Gasteiger partial charge is 0.343 e. The summed E-state index contributed by atoms with van der Waals surface area (Å²) >= 11 is 0. The molecule has 0 aromatic heterocycles. The van der Waals surface area contributed by atoms with E-state index in [0.29, 0.717) is 11.3 Å². The number of carbonyl (C=O) groups is 1. The van der Waals surface area contributed by atoms with Gasteiger partial charge in [0.05, 0.1) is 11.7 Å². The number of unbranched alkanes of at least 4 members (excludes halogenated alkanes) is 10. The van der Waals surface area contributed by atoms with Crippen LogP contribution in [0.4, 0.5) is 0 Å². The van der Waals surface area contributed by atoms with Crippen molar-refractivity contribution in [1.29, 1.82) is 0 Å². The van der Waals surface area contributed by atoms with Crippen LogP contribution in [0.2, 0.25) is 0 Å². The molecule has 3 heteroatoms. The molecule has 0 saturated heterocycles. The van der Waals surface area contributed by atoms with Gasteiger partial charge in [-0.15, -0.1) is 0 Å². The van der Waals surface area contributed by atoms with E-state index in [1.54, 1.807) is 12.1 Å². The largest absolute Gasteiger partial charge is 0.491 e. The molecule has 0 aliphatic carbocycles. The van der Waals surface area contributed by atoms with Gasteiger partial charge in [-0.25, -0.2) is 4.79 Å². The van der Waals surface area contributed by atoms with E-state index in [1.165, 1.54) is 106 Å². The first-order chi connectivity index (χ1) is 23.0. The molecule has 250 valence electrons. The van der Waals surface area contributed by atoms with E-state index in [9.17, 15) is 4.79 Å². The van der Waals surface area contributed by atoms with Gasteiger partial charge >= 0.3 is 5.97 Å². The Morgan fingerprint density at radius 3 is 1.66 bits per heavy atom. The lowest BCUT2D eigenvalue weighted by atomic mass is 9.95. The molecule has 0 unspecified atom stereocenters. The summed E-state index contributed by atoms with van der Waals surface area (Å²) in [6.45, 7) is 8.84. The van der Waals surface area contributed by atoms with Gasteiger partial charge in [-0.05, 0) is 109 Å². The number of hydrogen-bond acceptors (Lipinski definition) is 3. The Hall–Kier alpha value is -3.85. The van der Waals surface area contributed by atoms with Gasteiger partial charge in [0, 0.05) is 0 Å². The highest BCUT2D eigenvalue weighted by Crippen LogP contribution is 2.28. The molecule has 0 radical (unpaired) electrons. The minimum absolute atomic E-state index is 0.157. The second kappa shape index (κ2) is 19.7. The third-order valence-electron chi connectivity index (χ3n) is 9.15. The van der Waals surface area contributed by atoms with Crippen LogP contribution in [0, 0.1) is 6.92 Å². The highest BCUT2D eigenvalue weighted by atomic mass is 16.5. The minimum atomic E-state index is -0.375. The second-order valence-corrected chi connectivity index (χ2v) is 13.2. The van der Waals surface area contributed by atoms with Gasteiger partial charge in [0.1, 0.15) is 11.5 Å². The highest BCUT2D eigenvalue weighted by Gasteiger charge is 2.11. The summed E-state index contributed by atoms with van der Waals surface area (Å²) in [4.78, 5) is 12.8. The van der Waals surface area contributed by atoms with Crippen LogP contribution in [-0.2, 0) is 6.42 Å². The standard InChI is InChI=1S/C44H56O3/c1-5-7-9-11-12-13-14-16-18-36-19-24-41(33-34(36)3)39-22-20-37(21-23-39)38-25-29-43(30-26-38)47-44(45)40-27-31-42(32-28-40)46-35(4)17-15-10-8-6-2/h19-33,35H,5-18H2,1-4H3/t35-/m0/s1. The predicted octanol–water partition coefficient (Wildman–Crippen LogP) is 13.0. The Morgan fingerprint density at radius 2 is 1.06 bits per heavy atom. The topological polar surface area (TPSA) is 35.5 Å². The maximum absolute atomic E-state index is 12.8. The van der Waals surface area contributed by atoms with Crippen LogP contribution in [0.5, 0.6) is 11.5 Å². The summed E-state index contributed by atoms with van der Waals surface area (Å²) in [5.74, 6) is 0.931. The van der Waals surface area contributed by atoms with E-state index >= 15 is 0 Å². The summed E-state index contributed by atoms with van der Waals surface area (Å²) in [5.41, 5.74) is 8.05. The lowest BCUT2D eigenvalue weighted by molar-refractivity contribution is 0.0734. The van der Waals surface area contributed by atoms with Crippen molar-refractivity contribution < 1.29 is 14.3 Å². The molecule has 0 amide bonds. The number of carbonyl (C=O) groups excluding carboxylic acids is 1. The first-order valence-corrected chi connectivity index (χ1v) is 18.3. The number of benzene rings is 4. The van der Waals surface area contributed by atoms with Gasteiger partial charge in [-0.2, -0.15) is 0 Å². The van der Waals surface area contributed by atoms with E-state index in [4.69, 9.17) is 9.47 Å². The van der Waals surface area contributed by atoms with Crippen molar-refractivity contribution in [2.45, 2.75) is 124 Å². The van der Waals surface area contributed by atoms with Crippen molar-refractivity contribution in [3.63, 3.8) is 0 Å². The molecule has 3 nitrogen and oxygen atoms in total. The molecule has 0 spiro atoms. The van der Waals surface area contributed by atoms with Crippen LogP contribution < -0.4 is 9.47 Å². The van der Waals surface area contributed by atoms with Crippen LogP contribution in [-0.4, -0.2) is 12.1 Å². The quantitative estimate of drug-likeness (QED) is 0.0552. The maximum Gasteiger partial charge on any atom is 0.343 e. The third kappa shape index (κ3) is 12.0. The lowest BCUT2D eigenvalue weighted by Crippen LogP contribution is -2.12. The molecule has 4 aromatic carbocycles. The maximum atomic E-state index is 12.8. The van der Waals surface area contributed by atoms with E-state index in [-0.39, 0.29) is 12.1 Å². The first kappa shape index (κ1) is 36.0. The van der Waals surface area contributed by atoms with Crippen LogP contribution >= 0.6 is 0 Å². The second-order valence-electron chi connectivity index (χ2n) is 13.2.